The summed E-state index contributed by atoms with van der Waals surface area (Å²) in [5.41, 5.74) is -0.850. The van der Waals surface area contributed by atoms with Crippen LogP contribution in [0, 0.1) is 0 Å². The normalized spacial score (nSPS) is 11.3. The molecule has 0 radical (unpaired) electrons. The number of carbonyl (C=O) groups is 1. The van der Waals surface area contributed by atoms with E-state index in [1.165, 1.54) is 18.2 Å². The third-order valence-electron chi connectivity index (χ3n) is 2.71. The van der Waals surface area contributed by atoms with Gasteiger partial charge in [0.1, 0.15) is 29.3 Å². The van der Waals surface area contributed by atoms with Gasteiger partial charge in [0.15, 0.2) is 0 Å². The molecule has 0 atom stereocenters. The second-order valence-electron chi connectivity index (χ2n) is 5.89. The number of phenols is 1. The van der Waals surface area contributed by atoms with E-state index in [2.05, 4.69) is 5.32 Å². The van der Waals surface area contributed by atoms with Crippen LogP contribution in [0.15, 0.2) is 33.5 Å². The van der Waals surface area contributed by atoms with Crippen molar-refractivity contribution < 1.29 is 23.8 Å². The first kappa shape index (κ1) is 16.7. The fraction of sp³-hybridized carbons (Fsp3) is 0.375. The molecule has 1 heterocycles. The summed E-state index contributed by atoms with van der Waals surface area (Å²) in [6.07, 6.45) is -0.534. The van der Waals surface area contributed by atoms with Crippen molar-refractivity contribution in [1.29, 1.82) is 0 Å². The van der Waals surface area contributed by atoms with E-state index in [1.54, 1.807) is 26.8 Å². The molecule has 2 rings (SSSR count). The first-order chi connectivity index (χ1) is 10.7. The number of alkyl carbamates (subject to hydrolysis) is 1. The van der Waals surface area contributed by atoms with Crippen LogP contribution < -0.4 is 15.7 Å². The smallest absolute Gasteiger partial charge is 0.407 e. The van der Waals surface area contributed by atoms with E-state index in [0.29, 0.717) is 11.1 Å². The highest BCUT2D eigenvalue weighted by molar-refractivity contribution is 5.84. The maximum Gasteiger partial charge on any atom is 0.407 e. The molecule has 1 amide bonds. The van der Waals surface area contributed by atoms with Crippen LogP contribution >= 0.6 is 0 Å². The fourth-order valence-corrected chi connectivity index (χ4v) is 1.88. The molecular formula is C16H19NO6. The number of nitrogens with one attached hydrogen (secondary N) is 1. The molecule has 0 aliphatic heterocycles. The van der Waals surface area contributed by atoms with Gasteiger partial charge in [-0.15, -0.1) is 0 Å². The van der Waals surface area contributed by atoms with Gasteiger partial charge in [0.05, 0.1) is 11.9 Å². The van der Waals surface area contributed by atoms with Crippen molar-refractivity contribution in [2.45, 2.75) is 26.4 Å². The molecule has 1 aromatic carbocycles. The first-order valence-corrected chi connectivity index (χ1v) is 7.11. The Labute approximate surface area is 132 Å². The van der Waals surface area contributed by atoms with Crippen LogP contribution in [-0.4, -0.2) is 30.0 Å². The topological polar surface area (TPSA) is 98.0 Å². The van der Waals surface area contributed by atoms with E-state index in [1.807, 2.05) is 0 Å². The Bertz CT molecular complexity index is 759. The first-order valence-electron chi connectivity index (χ1n) is 7.11. The molecule has 0 saturated heterocycles. The van der Waals surface area contributed by atoms with E-state index in [4.69, 9.17) is 13.9 Å². The van der Waals surface area contributed by atoms with Gasteiger partial charge in [-0.2, -0.15) is 0 Å². The number of aromatic hydroxyl groups is 1. The predicted octanol–water partition coefficient (Wildman–Crippen LogP) is 2.40. The van der Waals surface area contributed by atoms with Gasteiger partial charge in [0, 0.05) is 18.2 Å². The second-order valence-corrected chi connectivity index (χ2v) is 5.89. The average Bonchev–Trinajstić information content (AvgIpc) is 2.40. The molecule has 0 spiro atoms. The lowest BCUT2D eigenvalue weighted by molar-refractivity contribution is 0.0520. The van der Waals surface area contributed by atoms with Gasteiger partial charge in [-0.25, -0.2) is 9.59 Å². The van der Waals surface area contributed by atoms with Crippen LogP contribution in [-0.2, 0) is 4.74 Å². The van der Waals surface area contributed by atoms with Crippen molar-refractivity contribution in [2.24, 2.45) is 0 Å². The Morgan fingerprint density at radius 3 is 2.74 bits per heavy atom. The fourth-order valence-electron chi connectivity index (χ4n) is 1.88. The molecule has 0 saturated carbocycles. The molecule has 0 bridgehead atoms. The van der Waals surface area contributed by atoms with Crippen molar-refractivity contribution in [3.05, 3.63) is 34.7 Å². The molecular weight excluding hydrogens is 302 g/mol. The largest absolute Gasteiger partial charge is 0.508 e. The summed E-state index contributed by atoms with van der Waals surface area (Å²) in [4.78, 5) is 22.7. The zero-order valence-electron chi connectivity index (χ0n) is 13.2. The van der Waals surface area contributed by atoms with Crippen molar-refractivity contribution in [3.63, 3.8) is 0 Å². The van der Waals surface area contributed by atoms with E-state index < -0.39 is 17.3 Å². The van der Waals surface area contributed by atoms with Crippen molar-refractivity contribution in [1.82, 2.24) is 5.32 Å². The lowest BCUT2D eigenvalue weighted by atomic mass is 10.2. The van der Waals surface area contributed by atoms with E-state index in [-0.39, 0.29) is 24.5 Å². The molecule has 0 aliphatic rings. The molecule has 1 aromatic heterocycles. The van der Waals surface area contributed by atoms with Crippen LogP contribution in [0.5, 0.6) is 11.5 Å². The SMILES string of the molecule is CC(C)(C)OC(=O)NCCOc1cc(O)cc2oc(=O)ccc12. The quantitative estimate of drug-likeness (QED) is 0.663. The maximum atomic E-state index is 11.5. The molecule has 7 nitrogen and oxygen atoms in total. The van der Waals surface area contributed by atoms with Crippen molar-refractivity contribution >= 4 is 17.1 Å². The summed E-state index contributed by atoms with van der Waals surface area (Å²) in [6, 6.07) is 5.57. The molecule has 0 aliphatic carbocycles. The summed E-state index contributed by atoms with van der Waals surface area (Å²) in [5.74, 6) is 0.275. The van der Waals surface area contributed by atoms with Crippen LogP contribution in [0.4, 0.5) is 4.79 Å². The standard InChI is InChI=1S/C16H19NO6/c1-16(2,3)23-15(20)17-6-7-21-12-8-10(18)9-13-11(12)4-5-14(19)22-13/h4-5,8-9,18H,6-7H2,1-3H3,(H,17,20). The van der Waals surface area contributed by atoms with Crippen LogP contribution in [0.25, 0.3) is 11.0 Å². The number of fused-ring (bicyclic) bond motifs is 1. The van der Waals surface area contributed by atoms with Crippen LogP contribution in [0.3, 0.4) is 0 Å². The Hall–Kier alpha value is -2.70. The molecule has 0 unspecified atom stereocenters. The third-order valence-corrected chi connectivity index (χ3v) is 2.71. The summed E-state index contributed by atoms with van der Waals surface area (Å²) in [7, 11) is 0. The van der Waals surface area contributed by atoms with E-state index in [0.717, 1.165) is 0 Å². The summed E-state index contributed by atoms with van der Waals surface area (Å²) in [6.45, 7) is 5.71. The van der Waals surface area contributed by atoms with Crippen LogP contribution in [0.2, 0.25) is 0 Å². The summed E-state index contributed by atoms with van der Waals surface area (Å²) in [5, 5.41) is 12.8. The minimum atomic E-state index is -0.566. The Kier molecular flexibility index (Phi) is 4.78. The number of ether oxygens (including phenoxy) is 2. The van der Waals surface area contributed by atoms with Gasteiger partial charge in [0.2, 0.25) is 0 Å². The van der Waals surface area contributed by atoms with Gasteiger partial charge in [0.25, 0.3) is 0 Å². The van der Waals surface area contributed by atoms with Gasteiger partial charge in [-0.05, 0) is 26.8 Å². The summed E-state index contributed by atoms with van der Waals surface area (Å²) < 4.78 is 15.6. The number of benzene rings is 1. The number of hydrogen-bond donors (Lipinski definition) is 2. The minimum absolute atomic E-state index is 0.0815. The highest BCUT2D eigenvalue weighted by atomic mass is 16.6. The number of amides is 1. The molecule has 2 aromatic rings. The molecule has 23 heavy (non-hydrogen) atoms. The van der Waals surface area contributed by atoms with Gasteiger partial charge >= 0.3 is 11.7 Å². The number of hydrogen-bond acceptors (Lipinski definition) is 6. The van der Waals surface area contributed by atoms with Crippen molar-refractivity contribution in [3.8, 4) is 11.5 Å². The Balaban J connectivity index is 1.97. The molecule has 124 valence electrons. The van der Waals surface area contributed by atoms with E-state index in [9.17, 15) is 14.7 Å². The van der Waals surface area contributed by atoms with E-state index >= 15 is 0 Å². The average molecular weight is 321 g/mol. The Morgan fingerprint density at radius 2 is 2.04 bits per heavy atom. The van der Waals surface area contributed by atoms with Gasteiger partial charge in [-0.3, -0.25) is 0 Å². The second kappa shape index (κ2) is 6.60. The zero-order chi connectivity index (χ0) is 17.0. The number of carbonyl (C=O) groups excluding carboxylic acids is 1. The van der Waals surface area contributed by atoms with Gasteiger partial charge in [-0.1, -0.05) is 0 Å². The van der Waals surface area contributed by atoms with Crippen molar-refractivity contribution in [2.75, 3.05) is 13.2 Å². The minimum Gasteiger partial charge on any atom is -0.508 e. The Morgan fingerprint density at radius 1 is 1.30 bits per heavy atom. The predicted molar refractivity (Wildman–Crippen MR) is 83.9 cm³/mol. The highest BCUT2D eigenvalue weighted by Crippen LogP contribution is 2.29. The lowest BCUT2D eigenvalue weighted by Crippen LogP contribution is -2.34. The monoisotopic (exact) mass is 321 g/mol. The van der Waals surface area contributed by atoms with Crippen LogP contribution in [0.1, 0.15) is 20.8 Å². The molecule has 2 N–H and O–H groups in total. The lowest BCUT2D eigenvalue weighted by Gasteiger charge is -2.19. The molecule has 7 heteroatoms. The van der Waals surface area contributed by atoms with Gasteiger partial charge < -0.3 is 24.3 Å². The zero-order valence-corrected chi connectivity index (χ0v) is 13.2. The highest BCUT2D eigenvalue weighted by Gasteiger charge is 2.15. The number of phenolic OH excluding ortho intramolecular Hbond substituents is 1. The molecule has 0 fully saturated rings. The maximum absolute atomic E-state index is 11.5. The third kappa shape index (κ3) is 4.91. The number of rotatable bonds is 4. The summed E-state index contributed by atoms with van der Waals surface area (Å²) >= 11 is 0.